The van der Waals surface area contributed by atoms with Gasteiger partial charge in [0.1, 0.15) is 5.58 Å². The summed E-state index contributed by atoms with van der Waals surface area (Å²) in [4.78, 5) is 7.05. The standard InChI is InChI=1S/C31H21N3O/c1-33-17-16-32-26(18-33)34-29-20-9-3-2-8-19(20)14-15-24(29)27-21-10-4-5-11-22(21)28-23-12-6-7-13-25(23)35-31(28)30(27)34/h2-16,18H,17H2,1H3. The Hall–Kier alpha value is -4.57. The van der Waals surface area contributed by atoms with Gasteiger partial charge in [-0.05, 0) is 22.2 Å². The number of rotatable bonds is 1. The van der Waals surface area contributed by atoms with Crippen LogP contribution in [0.2, 0.25) is 0 Å². The summed E-state index contributed by atoms with van der Waals surface area (Å²) in [5.41, 5.74) is 4.04. The van der Waals surface area contributed by atoms with Crippen LogP contribution in [0.3, 0.4) is 0 Å². The summed E-state index contributed by atoms with van der Waals surface area (Å²) >= 11 is 0. The van der Waals surface area contributed by atoms with Gasteiger partial charge in [-0.1, -0.05) is 78.9 Å². The first-order valence-electron chi connectivity index (χ1n) is 11.9. The molecule has 3 heterocycles. The Morgan fingerprint density at radius 2 is 1.40 bits per heavy atom. The average molecular weight is 452 g/mol. The molecule has 35 heavy (non-hydrogen) atoms. The van der Waals surface area contributed by atoms with Gasteiger partial charge in [0, 0.05) is 46.4 Å². The first kappa shape index (κ1) is 18.8. The van der Waals surface area contributed by atoms with Crippen LogP contribution in [0, 0.1) is 0 Å². The molecule has 166 valence electrons. The van der Waals surface area contributed by atoms with Gasteiger partial charge in [-0.3, -0.25) is 4.57 Å². The lowest BCUT2D eigenvalue weighted by molar-refractivity contribution is 0.522. The van der Waals surface area contributed by atoms with Crippen LogP contribution in [-0.4, -0.2) is 29.3 Å². The molecule has 7 aromatic rings. The van der Waals surface area contributed by atoms with Crippen LogP contribution in [-0.2, 0) is 0 Å². The molecule has 4 heteroatoms. The molecule has 0 radical (unpaired) electrons. The van der Waals surface area contributed by atoms with E-state index >= 15 is 0 Å². The highest BCUT2D eigenvalue weighted by atomic mass is 16.3. The molecule has 0 unspecified atom stereocenters. The number of para-hydroxylation sites is 1. The number of nitrogens with zero attached hydrogens (tertiary/aromatic N) is 3. The Morgan fingerprint density at radius 3 is 2.23 bits per heavy atom. The highest BCUT2D eigenvalue weighted by molar-refractivity contribution is 6.36. The summed E-state index contributed by atoms with van der Waals surface area (Å²) < 4.78 is 8.98. The molecule has 0 saturated carbocycles. The van der Waals surface area contributed by atoms with E-state index in [1.807, 2.05) is 12.3 Å². The molecule has 0 N–H and O–H groups in total. The van der Waals surface area contributed by atoms with Crippen LogP contribution in [0.25, 0.3) is 71.1 Å². The summed E-state index contributed by atoms with van der Waals surface area (Å²) in [5, 5.41) is 9.58. The predicted octanol–water partition coefficient (Wildman–Crippen LogP) is 7.77. The first-order chi connectivity index (χ1) is 17.3. The number of fused-ring (bicyclic) bond motifs is 12. The molecule has 1 aliphatic heterocycles. The minimum absolute atomic E-state index is 0.796. The normalized spacial score (nSPS) is 14.3. The molecule has 0 saturated heterocycles. The van der Waals surface area contributed by atoms with Gasteiger partial charge in [0.25, 0.3) is 0 Å². The number of aromatic nitrogens is 1. The number of benzene rings is 5. The fourth-order valence-corrected chi connectivity index (χ4v) is 5.83. The Morgan fingerprint density at radius 1 is 0.686 bits per heavy atom. The molecule has 0 fully saturated rings. The van der Waals surface area contributed by atoms with Gasteiger partial charge in [-0.2, -0.15) is 0 Å². The van der Waals surface area contributed by atoms with Gasteiger partial charge in [0.05, 0.1) is 17.6 Å². The Bertz CT molecular complexity index is 2050. The third-order valence-corrected chi connectivity index (χ3v) is 7.29. The third-order valence-electron chi connectivity index (χ3n) is 7.29. The lowest BCUT2D eigenvalue weighted by Crippen LogP contribution is -2.18. The van der Waals surface area contributed by atoms with Crippen molar-refractivity contribution in [2.24, 2.45) is 4.99 Å². The Kier molecular flexibility index (Phi) is 3.62. The minimum Gasteiger partial charge on any atom is -0.454 e. The molecule has 4 nitrogen and oxygen atoms in total. The van der Waals surface area contributed by atoms with E-state index < -0.39 is 0 Å². The Balaban J connectivity index is 1.75. The Labute approximate surface area is 201 Å². The van der Waals surface area contributed by atoms with Crippen molar-refractivity contribution in [3.8, 4) is 0 Å². The van der Waals surface area contributed by atoms with Gasteiger partial charge in [0.15, 0.2) is 11.4 Å². The summed E-state index contributed by atoms with van der Waals surface area (Å²) in [5.74, 6) is 0.896. The molecular formula is C31H21N3O. The first-order valence-corrected chi connectivity index (χ1v) is 11.9. The van der Waals surface area contributed by atoms with Crippen molar-refractivity contribution >= 4 is 77.3 Å². The zero-order valence-corrected chi connectivity index (χ0v) is 19.2. The highest BCUT2D eigenvalue weighted by Crippen LogP contribution is 2.47. The third kappa shape index (κ3) is 2.43. The fourth-order valence-electron chi connectivity index (χ4n) is 5.83. The van der Waals surface area contributed by atoms with E-state index in [2.05, 4.69) is 102 Å². The molecule has 0 bridgehead atoms. The topological polar surface area (TPSA) is 33.7 Å². The second kappa shape index (κ2) is 6.73. The van der Waals surface area contributed by atoms with Crippen molar-refractivity contribution < 1.29 is 4.42 Å². The SMILES string of the molecule is CN1C=C(n2c3c4ccccc4ccc3c3c4ccccc4c4c5ccccc5oc4c32)N=CC1. The minimum atomic E-state index is 0.796. The zero-order valence-electron chi connectivity index (χ0n) is 19.2. The molecule has 2 aromatic heterocycles. The molecule has 0 atom stereocenters. The van der Waals surface area contributed by atoms with Gasteiger partial charge in [-0.25, -0.2) is 4.99 Å². The number of hydrogen-bond donors (Lipinski definition) is 0. The van der Waals surface area contributed by atoms with Crippen molar-refractivity contribution in [3.63, 3.8) is 0 Å². The van der Waals surface area contributed by atoms with Crippen LogP contribution < -0.4 is 0 Å². The summed E-state index contributed by atoms with van der Waals surface area (Å²) in [7, 11) is 2.09. The lowest BCUT2D eigenvalue weighted by Gasteiger charge is -2.19. The van der Waals surface area contributed by atoms with Gasteiger partial charge in [0.2, 0.25) is 0 Å². The predicted molar refractivity (Wildman–Crippen MR) is 147 cm³/mol. The second-order valence-corrected chi connectivity index (χ2v) is 9.33. The molecule has 0 aliphatic carbocycles. The maximum atomic E-state index is 6.66. The van der Waals surface area contributed by atoms with Gasteiger partial charge in [-0.15, -0.1) is 0 Å². The van der Waals surface area contributed by atoms with Crippen molar-refractivity contribution in [2.75, 3.05) is 13.6 Å². The maximum absolute atomic E-state index is 6.66. The fraction of sp³-hybridized carbons (Fsp3) is 0.0645. The summed E-state index contributed by atoms with van der Waals surface area (Å²) in [6.07, 6.45) is 4.11. The maximum Gasteiger partial charge on any atom is 0.160 e. The molecular weight excluding hydrogens is 430 g/mol. The van der Waals surface area contributed by atoms with Gasteiger partial charge < -0.3 is 9.32 Å². The highest BCUT2D eigenvalue weighted by Gasteiger charge is 2.25. The monoisotopic (exact) mass is 451 g/mol. The lowest BCUT2D eigenvalue weighted by atomic mass is 9.98. The average Bonchev–Trinajstić information content (AvgIpc) is 3.46. The van der Waals surface area contributed by atoms with Crippen molar-refractivity contribution in [2.45, 2.75) is 0 Å². The van der Waals surface area contributed by atoms with Crippen LogP contribution in [0.5, 0.6) is 0 Å². The van der Waals surface area contributed by atoms with E-state index in [1.54, 1.807) is 0 Å². The zero-order chi connectivity index (χ0) is 23.1. The number of furan rings is 1. The molecule has 8 rings (SSSR count). The van der Waals surface area contributed by atoms with Crippen molar-refractivity contribution in [1.82, 2.24) is 9.47 Å². The molecule has 0 amide bonds. The molecule has 5 aromatic carbocycles. The van der Waals surface area contributed by atoms with Crippen LogP contribution in [0.1, 0.15) is 0 Å². The van der Waals surface area contributed by atoms with E-state index in [0.717, 1.165) is 45.3 Å². The smallest absolute Gasteiger partial charge is 0.160 e. The number of aliphatic imine (C=N–C) groups is 1. The molecule has 1 aliphatic rings. The van der Waals surface area contributed by atoms with E-state index in [1.165, 1.54) is 32.3 Å². The van der Waals surface area contributed by atoms with Crippen molar-refractivity contribution in [3.05, 3.63) is 91.1 Å². The van der Waals surface area contributed by atoms with Gasteiger partial charge >= 0.3 is 0 Å². The van der Waals surface area contributed by atoms with E-state index in [-0.39, 0.29) is 0 Å². The van der Waals surface area contributed by atoms with Crippen LogP contribution >= 0.6 is 0 Å². The van der Waals surface area contributed by atoms with E-state index in [4.69, 9.17) is 9.41 Å². The molecule has 0 spiro atoms. The second-order valence-electron chi connectivity index (χ2n) is 9.33. The van der Waals surface area contributed by atoms with Crippen LogP contribution in [0.4, 0.5) is 0 Å². The number of hydrogen-bond acceptors (Lipinski definition) is 3. The van der Waals surface area contributed by atoms with Crippen LogP contribution in [0.15, 0.2) is 101 Å². The summed E-state index contributed by atoms with van der Waals surface area (Å²) in [6, 6.07) is 30.1. The largest absolute Gasteiger partial charge is 0.454 e. The van der Waals surface area contributed by atoms with E-state index in [0.29, 0.717) is 0 Å². The van der Waals surface area contributed by atoms with Crippen molar-refractivity contribution in [1.29, 1.82) is 0 Å². The quantitative estimate of drug-likeness (QED) is 0.255. The summed E-state index contributed by atoms with van der Waals surface area (Å²) in [6.45, 7) is 0.796. The van der Waals surface area contributed by atoms with E-state index in [9.17, 15) is 0 Å².